The Morgan fingerprint density at radius 3 is 2.63 bits per heavy atom. The molecule has 4 rings (SSSR count). The average Bonchev–Trinajstić information content (AvgIpc) is 3.21. The highest BCUT2D eigenvalue weighted by atomic mass is 35.5. The second-order valence-corrected chi connectivity index (χ2v) is 8.88. The Balaban J connectivity index is 1.38. The molecule has 7 heteroatoms. The van der Waals surface area contributed by atoms with E-state index in [1.165, 1.54) is 0 Å². The van der Waals surface area contributed by atoms with Crippen LogP contribution in [-0.2, 0) is 21.4 Å². The van der Waals surface area contributed by atoms with E-state index in [4.69, 9.17) is 16.0 Å². The second kappa shape index (κ2) is 8.88. The van der Waals surface area contributed by atoms with Crippen molar-refractivity contribution >= 4 is 23.3 Å². The average molecular weight is 430 g/mol. The molecule has 1 amide bonds. The van der Waals surface area contributed by atoms with E-state index in [0.29, 0.717) is 42.6 Å². The number of ketones is 1. The van der Waals surface area contributed by atoms with Gasteiger partial charge in [0.15, 0.2) is 0 Å². The van der Waals surface area contributed by atoms with E-state index >= 15 is 0 Å². The molecule has 1 saturated heterocycles. The number of carbonyl (C=O) groups excluding carboxylic acids is 2. The van der Waals surface area contributed by atoms with Gasteiger partial charge in [0.2, 0.25) is 17.7 Å². The van der Waals surface area contributed by atoms with Gasteiger partial charge in [-0.05, 0) is 43.4 Å². The third kappa shape index (κ3) is 4.15. The molecular weight excluding hydrogens is 402 g/mol. The number of amides is 1. The molecule has 2 aromatic rings. The maximum absolute atomic E-state index is 12.7. The lowest BCUT2D eigenvalue weighted by molar-refractivity contribution is -0.135. The molecule has 0 radical (unpaired) electrons. The molecule has 30 heavy (non-hydrogen) atoms. The van der Waals surface area contributed by atoms with Crippen molar-refractivity contribution in [2.24, 2.45) is 5.92 Å². The van der Waals surface area contributed by atoms with Crippen LogP contribution >= 0.6 is 11.6 Å². The number of hydrogen-bond donors (Lipinski definition) is 0. The first-order chi connectivity index (χ1) is 14.5. The minimum absolute atomic E-state index is 0.0134. The van der Waals surface area contributed by atoms with E-state index in [0.717, 1.165) is 44.2 Å². The summed E-state index contributed by atoms with van der Waals surface area (Å²) in [6.07, 6.45) is 6.10. The van der Waals surface area contributed by atoms with Gasteiger partial charge in [0.25, 0.3) is 0 Å². The first-order valence-corrected chi connectivity index (χ1v) is 11.3. The van der Waals surface area contributed by atoms with E-state index in [-0.39, 0.29) is 23.0 Å². The molecule has 160 valence electrons. The Kier molecular flexibility index (Phi) is 6.23. The van der Waals surface area contributed by atoms with Gasteiger partial charge in [-0.1, -0.05) is 37.1 Å². The fourth-order valence-corrected chi connectivity index (χ4v) is 4.73. The van der Waals surface area contributed by atoms with Crippen LogP contribution in [0.5, 0.6) is 0 Å². The third-order valence-electron chi connectivity index (χ3n) is 6.61. The number of halogens is 1. The van der Waals surface area contributed by atoms with Crippen LogP contribution in [0.25, 0.3) is 0 Å². The van der Waals surface area contributed by atoms with Crippen molar-refractivity contribution in [2.75, 3.05) is 13.1 Å². The summed E-state index contributed by atoms with van der Waals surface area (Å²) in [7, 11) is 0. The lowest BCUT2D eigenvalue weighted by Gasteiger charge is -2.39. The minimum Gasteiger partial charge on any atom is -0.424 e. The lowest BCUT2D eigenvalue weighted by atomic mass is 9.64. The van der Waals surface area contributed by atoms with Gasteiger partial charge in [-0.25, -0.2) is 0 Å². The fourth-order valence-electron chi connectivity index (χ4n) is 4.60. The largest absolute Gasteiger partial charge is 0.424 e. The van der Waals surface area contributed by atoms with Crippen LogP contribution in [0, 0.1) is 5.92 Å². The molecule has 1 aromatic heterocycles. The zero-order valence-electron chi connectivity index (χ0n) is 17.4. The lowest BCUT2D eigenvalue weighted by Crippen LogP contribution is -2.42. The Labute approximate surface area is 182 Å². The normalized spacial score (nSPS) is 20.6. The van der Waals surface area contributed by atoms with E-state index in [2.05, 4.69) is 10.2 Å². The number of likely N-dealkylation sites (tertiary alicyclic amines) is 1. The van der Waals surface area contributed by atoms with Crippen LogP contribution in [0.2, 0.25) is 5.02 Å². The SMILES string of the molecule is CCC(=O)[C@@H]1CCCN(C(=O)CCc2nnc(C3(c4ccc(Cl)cc4)CCC3)o2)C1. The Bertz CT molecular complexity index is 905. The molecule has 1 aliphatic carbocycles. The van der Waals surface area contributed by atoms with Crippen LogP contribution < -0.4 is 0 Å². The molecule has 0 unspecified atom stereocenters. The van der Waals surface area contributed by atoms with Gasteiger partial charge in [-0.3, -0.25) is 9.59 Å². The molecule has 2 fully saturated rings. The number of Topliss-reactive ketones (excluding diaryl/α,β-unsaturated/α-hetero) is 1. The quantitative estimate of drug-likeness (QED) is 0.654. The smallest absolute Gasteiger partial charge is 0.227 e. The van der Waals surface area contributed by atoms with Crippen molar-refractivity contribution in [2.45, 2.75) is 63.7 Å². The standard InChI is InChI=1S/C23H28ClN3O3/c1-2-19(28)16-5-3-14-27(15-16)21(29)11-10-20-25-26-22(30-20)23(12-4-13-23)17-6-8-18(24)9-7-17/h6-9,16H,2-5,10-15H2,1H3/t16-/m1/s1. The number of aromatic nitrogens is 2. The first-order valence-electron chi connectivity index (χ1n) is 10.9. The summed E-state index contributed by atoms with van der Waals surface area (Å²) in [5.74, 6) is 1.42. The predicted molar refractivity (Wildman–Crippen MR) is 113 cm³/mol. The third-order valence-corrected chi connectivity index (χ3v) is 6.86. The highest BCUT2D eigenvalue weighted by Gasteiger charge is 2.45. The molecule has 0 N–H and O–H groups in total. The molecule has 0 bridgehead atoms. The summed E-state index contributed by atoms with van der Waals surface area (Å²) in [4.78, 5) is 26.5. The number of aryl methyl sites for hydroxylation is 1. The van der Waals surface area contributed by atoms with Gasteiger partial charge in [0.1, 0.15) is 5.78 Å². The highest BCUT2D eigenvalue weighted by molar-refractivity contribution is 6.30. The summed E-state index contributed by atoms with van der Waals surface area (Å²) < 4.78 is 6.01. The molecule has 1 aromatic carbocycles. The fraction of sp³-hybridized carbons (Fsp3) is 0.565. The van der Waals surface area contributed by atoms with Gasteiger partial charge in [0, 0.05) is 43.3 Å². The molecule has 2 aliphatic rings. The van der Waals surface area contributed by atoms with Gasteiger partial charge >= 0.3 is 0 Å². The number of nitrogens with zero attached hydrogens (tertiary/aromatic N) is 3. The van der Waals surface area contributed by atoms with Crippen LogP contribution in [-0.4, -0.2) is 39.9 Å². The van der Waals surface area contributed by atoms with Crippen molar-refractivity contribution in [1.82, 2.24) is 15.1 Å². The molecule has 1 aliphatic heterocycles. The van der Waals surface area contributed by atoms with E-state index in [1.54, 1.807) is 0 Å². The Morgan fingerprint density at radius 2 is 1.97 bits per heavy atom. The molecule has 0 spiro atoms. The van der Waals surface area contributed by atoms with Crippen molar-refractivity contribution < 1.29 is 14.0 Å². The number of hydrogen-bond acceptors (Lipinski definition) is 5. The highest BCUT2D eigenvalue weighted by Crippen LogP contribution is 2.48. The van der Waals surface area contributed by atoms with Gasteiger partial charge in [-0.2, -0.15) is 0 Å². The topological polar surface area (TPSA) is 76.3 Å². The van der Waals surface area contributed by atoms with Gasteiger partial charge in [0.05, 0.1) is 5.41 Å². The van der Waals surface area contributed by atoms with Crippen LogP contribution in [0.4, 0.5) is 0 Å². The van der Waals surface area contributed by atoms with E-state index in [9.17, 15) is 9.59 Å². The predicted octanol–water partition coefficient (Wildman–Crippen LogP) is 4.34. The molecule has 1 atom stereocenters. The maximum Gasteiger partial charge on any atom is 0.227 e. The van der Waals surface area contributed by atoms with E-state index < -0.39 is 0 Å². The zero-order chi connectivity index (χ0) is 21.1. The number of rotatable bonds is 7. The monoisotopic (exact) mass is 429 g/mol. The van der Waals surface area contributed by atoms with Gasteiger partial charge < -0.3 is 9.32 Å². The van der Waals surface area contributed by atoms with Crippen LogP contribution in [0.1, 0.15) is 69.2 Å². The zero-order valence-corrected chi connectivity index (χ0v) is 18.2. The summed E-state index contributed by atoms with van der Waals surface area (Å²) >= 11 is 6.04. The molecular formula is C23H28ClN3O3. The number of carbonyl (C=O) groups is 2. The van der Waals surface area contributed by atoms with Crippen LogP contribution in [0.3, 0.4) is 0 Å². The first kappa shape index (κ1) is 21.0. The molecule has 1 saturated carbocycles. The van der Waals surface area contributed by atoms with Gasteiger partial charge in [-0.15, -0.1) is 10.2 Å². The minimum atomic E-state index is -0.236. The van der Waals surface area contributed by atoms with Crippen molar-refractivity contribution in [1.29, 1.82) is 0 Å². The van der Waals surface area contributed by atoms with E-state index in [1.807, 2.05) is 36.1 Å². The van der Waals surface area contributed by atoms with Crippen molar-refractivity contribution in [3.63, 3.8) is 0 Å². The molecule has 2 heterocycles. The number of piperidine rings is 1. The van der Waals surface area contributed by atoms with Crippen molar-refractivity contribution in [3.8, 4) is 0 Å². The Morgan fingerprint density at radius 1 is 1.20 bits per heavy atom. The maximum atomic E-state index is 12.7. The molecule has 6 nitrogen and oxygen atoms in total. The number of benzene rings is 1. The second-order valence-electron chi connectivity index (χ2n) is 8.44. The Hall–Kier alpha value is -2.21. The van der Waals surface area contributed by atoms with Crippen molar-refractivity contribution in [3.05, 3.63) is 46.6 Å². The summed E-state index contributed by atoms with van der Waals surface area (Å²) in [6.45, 7) is 3.15. The summed E-state index contributed by atoms with van der Waals surface area (Å²) in [5.41, 5.74) is 0.907. The summed E-state index contributed by atoms with van der Waals surface area (Å²) in [5, 5.41) is 9.25. The summed E-state index contributed by atoms with van der Waals surface area (Å²) in [6, 6.07) is 7.84. The van der Waals surface area contributed by atoms with Crippen LogP contribution in [0.15, 0.2) is 28.7 Å².